The largest absolute Gasteiger partial charge is 0.371 e. The van der Waals surface area contributed by atoms with Gasteiger partial charge < -0.3 is 20.4 Å². The first-order valence-corrected chi connectivity index (χ1v) is 11.1. The van der Waals surface area contributed by atoms with Crippen LogP contribution >= 0.6 is 0 Å². The summed E-state index contributed by atoms with van der Waals surface area (Å²) >= 11 is 0. The summed E-state index contributed by atoms with van der Waals surface area (Å²) in [6, 6.07) is 5.73. The number of nitrogens with zero attached hydrogens (tertiary/aromatic N) is 2. The maximum atomic E-state index is 12.9. The smallest absolute Gasteiger partial charge is 0.253 e. The van der Waals surface area contributed by atoms with Crippen molar-refractivity contribution in [2.75, 3.05) is 50.5 Å². The molecular formula is C23H38N4O2. The number of hydrogen-bond donors (Lipinski definition) is 2. The molecular weight excluding hydrogens is 364 g/mol. The Hall–Kier alpha value is -2.08. The molecule has 0 aromatic heterocycles. The Morgan fingerprint density at radius 2 is 1.83 bits per heavy atom. The van der Waals surface area contributed by atoms with Gasteiger partial charge in [-0.05, 0) is 64.5 Å². The lowest BCUT2D eigenvalue weighted by atomic mass is 10.1. The van der Waals surface area contributed by atoms with Gasteiger partial charge in [0.05, 0.1) is 5.56 Å². The van der Waals surface area contributed by atoms with E-state index < -0.39 is 0 Å². The van der Waals surface area contributed by atoms with Crippen molar-refractivity contribution in [2.24, 2.45) is 0 Å². The van der Waals surface area contributed by atoms with Crippen LogP contribution in [0.15, 0.2) is 18.2 Å². The molecule has 0 unspecified atom stereocenters. The minimum absolute atomic E-state index is 0.0207. The Kier molecular flexibility index (Phi) is 9.98. The van der Waals surface area contributed by atoms with Gasteiger partial charge in [0, 0.05) is 37.4 Å². The third-order valence-electron chi connectivity index (χ3n) is 5.30. The van der Waals surface area contributed by atoms with Crippen LogP contribution in [0.4, 0.5) is 11.4 Å². The maximum absolute atomic E-state index is 12.9. The van der Waals surface area contributed by atoms with Gasteiger partial charge in [-0.2, -0.15) is 0 Å². The maximum Gasteiger partial charge on any atom is 0.253 e. The zero-order valence-corrected chi connectivity index (χ0v) is 18.4. The van der Waals surface area contributed by atoms with E-state index in [4.69, 9.17) is 0 Å². The second-order valence-electron chi connectivity index (χ2n) is 8.20. The van der Waals surface area contributed by atoms with Crippen LogP contribution in [0.5, 0.6) is 0 Å². The molecule has 0 bridgehead atoms. The molecule has 1 aromatic carbocycles. The van der Waals surface area contributed by atoms with Gasteiger partial charge in [-0.3, -0.25) is 9.59 Å². The summed E-state index contributed by atoms with van der Waals surface area (Å²) < 4.78 is 0. The minimum atomic E-state index is -0.0651. The first-order valence-electron chi connectivity index (χ1n) is 11.1. The normalized spacial score (nSPS) is 13.7. The molecule has 1 aliphatic heterocycles. The summed E-state index contributed by atoms with van der Waals surface area (Å²) in [5.41, 5.74) is 2.32. The lowest BCUT2D eigenvalue weighted by Gasteiger charge is -2.22. The highest BCUT2D eigenvalue weighted by atomic mass is 16.2. The highest BCUT2D eigenvalue weighted by molar-refractivity contribution is 6.02. The molecule has 6 nitrogen and oxygen atoms in total. The molecule has 1 saturated heterocycles. The van der Waals surface area contributed by atoms with E-state index >= 15 is 0 Å². The molecule has 0 aliphatic carbocycles. The lowest BCUT2D eigenvalue weighted by molar-refractivity contribution is -0.116. The minimum Gasteiger partial charge on any atom is -0.371 e. The Balaban J connectivity index is 2.03. The number of anilines is 2. The van der Waals surface area contributed by atoms with Gasteiger partial charge in [-0.25, -0.2) is 0 Å². The molecule has 2 N–H and O–H groups in total. The van der Waals surface area contributed by atoms with Crippen LogP contribution in [0.2, 0.25) is 0 Å². The van der Waals surface area contributed by atoms with Crippen molar-refractivity contribution in [3.8, 4) is 0 Å². The van der Waals surface area contributed by atoms with Crippen molar-refractivity contribution in [1.29, 1.82) is 0 Å². The van der Waals surface area contributed by atoms with E-state index in [1.165, 1.54) is 0 Å². The Morgan fingerprint density at radius 3 is 2.52 bits per heavy atom. The molecule has 2 amide bonds. The van der Waals surface area contributed by atoms with Crippen LogP contribution in [-0.2, 0) is 4.79 Å². The van der Waals surface area contributed by atoms with Gasteiger partial charge in [-0.15, -0.1) is 0 Å². The molecule has 2 rings (SSSR count). The topological polar surface area (TPSA) is 64.7 Å². The zero-order valence-electron chi connectivity index (χ0n) is 18.4. The Morgan fingerprint density at radius 1 is 1.07 bits per heavy atom. The molecule has 6 heteroatoms. The summed E-state index contributed by atoms with van der Waals surface area (Å²) in [6.07, 6.45) is 8.05. The van der Waals surface area contributed by atoms with Crippen molar-refractivity contribution in [2.45, 2.75) is 58.3 Å². The molecule has 0 atom stereocenters. The van der Waals surface area contributed by atoms with Crippen LogP contribution in [0.3, 0.4) is 0 Å². The van der Waals surface area contributed by atoms with E-state index in [0.717, 1.165) is 70.3 Å². The van der Waals surface area contributed by atoms with Crippen LogP contribution in [0.1, 0.15) is 68.6 Å². The first kappa shape index (κ1) is 23.2. The Labute approximate surface area is 176 Å². The van der Waals surface area contributed by atoms with E-state index in [1.54, 1.807) is 0 Å². The number of carbonyl (C=O) groups is 2. The van der Waals surface area contributed by atoms with Crippen molar-refractivity contribution in [1.82, 2.24) is 10.2 Å². The molecule has 1 aromatic rings. The molecule has 29 heavy (non-hydrogen) atoms. The van der Waals surface area contributed by atoms with Gasteiger partial charge in [0.15, 0.2) is 0 Å². The van der Waals surface area contributed by atoms with E-state index in [2.05, 4.69) is 27.4 Å². The average molecular weight is 403 g/mol. The lowest BCUT2D eigenvalue weighted by Crippen LogP contribution is -2.29. The van der Waals surface area contributed by atoms with E-state index in [0.29, 0.717) is 24.2 Å². The summed E-state index contributed by atoms with van der Waals surface area (Å²) in [5, 5.41) is 6.01. The zero-order chi connectivity index (χ0) is 21.1. The number of hydrogen-bond acceptors (Lipinski definition) is 4. The second-order valence-corrected chi connectivity index (χ2v) is 8.20. The van der Waals surface area contributed by atoms with E-state index in [1.807, 2.05) is 32.3 Å². The van der Waals surface area contributed by atoms with E-state index in [9.17, 15) is 9.59 Å². The number of amides is 2. The molecule has 1 fully saturated rings. The summed E-state index contributed by atoms with van der Waals surface area (Å²) in [5.74, 6) is -0.0444. The SMILES string of the molecule is CCCCCCC(=O)Nc1ccc(N2CCCC2)c(C(=O)NCCCN(C)C)c1. The van der Waals surface area contributed by atoms with Crippen molar-refractivity contribution < 1.29 is 9.59 Å². The van der Waals surface area contributed by atoms with Crippen LogP contribution in [0.25, 0.3) is 0 Å². The van der Waals surface area contributed by atoms with Gasteiger partial charge in [-0.1, -0.05) is 26.2 Å². The van der Waals surface area contributed by atoms with Gasteiger partial charge >= 0.3 is 0 Å². The number of benzene rings is 1. The predicted molar refractivity (Wildman–Crippen MR) is 121 cm³/mol. The summed E-state index contributed by atoms with van der Waals surface area (Å²) in [6.45, 7) is 5.70. The third-order valence-corrected chi connectivity index (χ3v) is 5.30. The first-order chi connectivity index (χ1) is 14.0. The van der Waals surface area contributed by atoms with E-state index in [-0.39, 0.29) is 11.8 Å². The number of carbonyl (C=O) groups excluding carboxylic acids is 2. The fourth-order valence-corrected chi connectivity index (χ4v) is 3.66. The average Bonchev–Trinajstić information content (AvgIpc) is 3.23. The highest BCUT2D eigenvalue weighted by Gasteiger charge is 2.20. The number of unbranched alkanes of at least 4 members (excludes halogenated alkanes) is 3. The van der Waals surface area contributed by atoms with Gasteiger partial charge in [0.25, 0.3) is 5.91 Å². The second kappa shape index (κ2) is 12.5. The van der Waals surface area contributed by atoms with Crippen molar-refractivity contribution in [3.05, 3.63) is 23.8 Å². The van der Waals surface area contributed by atoms with Crippen LogP contribution in [-0.4, -0.2) is 57.0 Å². The predicted octanol–water partition coefficient (Wildman–Crippen LogP) is 3.88. The molecule has 0 spiro atoms. The molecule has 1 aliphatic rings. The third kappa shape index (κ3) is 8.05. The molecule has 0 radical (unpaired) electrons. The fourth-order valence-electron chi connectivity index (χ4n) is 3.66. The standard InChI is InChI=1S/C23H38N4O2/c1-4-5-6-7-11-22(28)25-19-12-13-21(27-16-8-9-17-27)20(18-19)23(29)24-14-10-15-26(2)3/h12-13,18H,4-11,14-17H2,1-3H3,(H,24,29)(H,25,28). The fraction of sp³-hybridized carbons (Fsp3) is 0.652. The highest BCUT2D eigenvalue weighted by Crippen LogP contribution is 2.27. The quantitative estimate of drug-likeness (QED) is 0.521. The van der Waals surface area contributed by atoms with Gasteiger partial charge in [0.1, 0.15) is 0 Å². The Bertz CT molecular complexity index is 654. The van der Waals surface area contributed by atoms with Gasteiger partial charge in [0.2, 0.25) is 5.91 Å². The monoisotopic (exact) mass is 402 g/mol. The molecule has 0 saturated carbocycles. The molecule has 1 heterocycles. The number of nitrogens with one attached hydrogen (secondary N) is 2. The van der Waals surface area contributed by atoms with Crippen LogP contribution in [0, 0.1) is 0 Å². The van der Waals surface area contributed by atoms with Crippen molar-refractivity contribution in [3.63, 3.8) is 0 Å². The summed E-state index contributed by atoms with van der Waals surface area (Å²) in [4.78, 5) is 29.5. The van der Waals surface area contributed by atoms with Crippen LogP contribution < -0.4 is 15.5 Å². The molecule has 162 valence electrons. The van der Waals surface area contributed by atoms with Crippen molar-refractivity contribution >= 4 is 23.2 Å². The summed E-state index contributed by atoms with van der Waals surface area (Å²) in [7, 11) is 4.06. The number of rotatable bonds is 12.